The predicted molar refractivity (Wildman–Crippen MR) is 83.9 cm³/mol. The van der Waals surface area contributed by atoms with Crippen molar-refractivity contribution in [1.29, 1.82) is 0 Å². The summed E-state index contributed by atoms with van der Waals surface area (Å²) in [5.74, 6) is -2.92. The summed E-state index contributed by atoms with van der Waals surface area (Å²) in [6.45, 7) is 1.78. The number of hydrogen-bond donors (Lipinski definition) is 3. The van der Waals surface area contributed by atoms with Crippen LogP contribution in [0, 0.1) is 18.6 Å². The number of hydrogen-bond acceptors (Lipinski definition) is 4. The molecule has 1 aliphatic rings. The molecule has 0 bridgehead atoms. The van der Waals surface area contributed by atoms with Crippen LogP contribution in [-0.2, 0) is 14.8 Å². The standard InChI is InChI=1S/C15H13F2N3O3S/c1-8-2-5-13-12(6-8)19-14(20-24(13,22)23)15(21)18-9-3-4-10(16)11(17)7-9/h2-7,14,19-20H,1H3,(H,18,21)/t14-/m0/s1. The van der Waals surface area contributed by atoms with Crippen molar-refractivity contribution in [2.24, 2.45) is 0 Å². The zero-order valence-electron chi connectivity index (χ0n) is 12.4. The van der Waals surface area contributed by atoms with E-state index in [-0.39, 0.29) is 10.6 Å². The van der Waals surface area contributed by atoms with Crippen LogP contribution in [0.25, 0.3) is 0 Å². The molecule has 0 saturated heterocycles. The zero-order chi connectivity index (χ0) is 17.5. The van der Waals surface area contributed by atoms with Crippen LogP contribution in [0.1, 0.15) is 5.56 Å². The number of nitrogens with one attached hydrogen (secondary N) is 3. The number of carbonyl (C=O) groups is 1. The van der Waals surface area contributed by atoms with E-state index < -0.39 is 33.7 Å². The number of sulfonamides is 1. The van der Waals surface area contributed by atoms with Gasteiger partial charge in [-0.1, -0.05) is 6.07 Å². The molecule has 0 fully saturated rings. The summed E-state index contributed by atoms with van der Waals surface area (Å²) in [6.07, 6.45) is -1.28. The van der Waals surface area contributed by atoms with Gasteiger partial charge in [-0.05, 0) is 36.8 Å². The third-order valence-electron chi connectivity index (χ3n) is 3.45. The van der Waals surface area contributed by atoms with Crippen LogP contribution in [0.4, 0.5) is 20.2 Å². The molecule has 3 N–H and O–H groups in total. The second kappa shape index (κ2) is 5.84. The molecule has 0 aromatic heterocycles. The summed E-state index contributed by atoms with van der Waals surface area (Å²) >= 11 is 0. The molecule has 0 aliphatic carbocycles. The molecule has 1 atom stereocenters. The molecule has 0 unspecified atom stereocenters. The van der Waals surface area contributed by atoms with Crippen LogP contribution >= 0.6 is 0 Å². The monoisotopic (exact) mass is 353 g/mol. The van der Waals surface area contributed by atoms with Gasteiger partial charge in [-0.3, -0.25) is 4.79 Å². The quantitative estimate of drug-likeness (QED) is 0.770. The lowest BCUT2D eigenvalue weighted by Crippen LogP contribution is -2.51. The first-order chi connectivity index (χ1) is 11.3. The number of rotatable bonds is 2. The largest absolute Gasteiger partial charge is 0.360 e. The maximum atomic E-state index is 13.2. The number of anilines is 2. The fraction of sp³-hybridized carbons (Fsp3) is 0.133. The normalized spacial score (nSPS) is 18.4. The first-order valence-corrected chi connectivity index (χ1v) is 8.40. The maximum Gasteiger partial charge on any atom is 0.262 e. The molecule has 6 nitrogen and oxygen atoms in total. The average molecular weight is 353 g/mol. The maximum absolute atomic E-state index is 13.2. The molecular formula is C15H13F2N3O3S. The van der Waals surface area contributed by atoms with Gasteiger partial charge in [-0.15, -0.1) is 0 Å². The molecule has 2 aromatic rings. The van der Waals surface area contributed by atoms with Gasteiger partial charge in [0.2, 0.25) is 10.0 Å². The van der Waals surface area contributed by atoms with Crippen LogP contribution in [-0.4, -0.2) is 20.5 Å². The Kier molecular flexibility index (Phi) is 3.98. The third kappa shape index (κ3) is 3.08. The van der Waals surface area contributed by atoms with Crippen LogP contribution in [0.2, 0.25) is 0 Å². The minimum absolute atomic E-state index is 0.00920. The Morgan fingerprint density at radius 1 is 1.12 bits per heavy atom. The molecule has 3 rings (SSSR count). The number of benzene rings is 2. The van der Waals surface area contributed by atoms with Gasteiger partial charge in [0.15, 0.2) is 17.8 Å². The predicted octanol–water partition coefficient (Wildman–Crippen LogP) is 1.94. The highest BCUT2D eigenvalue weighted by molar-refractivity contribution is 7.89. The van der Waals surface area contributed by atoms with Gasteiger partial charge in [0.25, 0.3) is 5.91 Å². The Morgan fingerprint density at radius 3 is 2.58 bits per heavy atom. The minimum atomic E-state index is -3.87. The fourth-order valence-electron chi connectivity index (χ4n) is 2.30. The van der Waals surface area contributed by atoms with Crippen molar-refractivity contribution < 1.29 is 22.0 Å². The SMILES string of the molecule is Cc1ccc2c(c1)N[C@H](C(=O)Nc1ccc(F)c(F)c1)NS2(=O)=O. The summed E-state index contributed by atoms with van der Waals surface area (Å²) in [6, 6.07) is 7.52. The van der Waals surface area contributed by atoms with E-state index in [0.717, 1.165) is 17.7 Å². The van der Waals surface area contributed by atoms with E-state index in [1.807, 2.05) is 0 Å². The second-order valence-electron chi connectivity index (χ2n) is 5.32. The topological polar surface area (TPSA) is 87.3 Å². The van der Waals surface area contributed by atoms with E-state index >= 15 is 0 Å². The number of halogens is 2. The van der Waals surface area contributed by atoms with E-state index in [9.17, 15) is 22.0 Å². The Hall–Kier alpha value is -2.52. The summed E-state index contributed by atoms with van der Waals surface area (Å²) in [7, 11) is -3.87. The highest BCUT2D eigenvalue weighted by Crippen LogP contribution is 2.27. The summed E-state index contributed by atoms with van der Waals surface area (Å²) < 4.78 is 52.7. The molecular weight excluding hydrogens is 340 g/mol. The first kappa shape index (κ1) is 16.3. The van der Waals surface area contributed by atoms with E-state index in [1.165, 1.54) is 12.1 Å². The number of fused-ring (bicyclic) bond motifs is 1. The van der Waals surface area contributed by atoms with Crippen molar-refractivity contribution in [3.8, 4) is 0 Å². The average Bonchev–Trinajstić information content (AvgIpc) is 2.49. The van der Waals surface area contributed by atoms with E-state index in [2.05, 4.69) is 15.4 Å². The summed E-state index contributed by atoms with van der Waals surface area (Å²) in [5.41, 5.74) is 1.12. The molecule has 1 aliphatic heterocycles. The smallest absolute Gasteiger partial charge is 0.262 e. The van der Waals surface area contributed by atoms with Gasteiger partial charge in [0, 0.05) is 11.8 Å². The molecule has 1 heterocycles. The lowest BCUT2D eigenvalue weighted by molar-refractivity contribution is -0.117. The zero-order valence-corrected chi connectivity index (χ0v) is 13.2. The molecule has 0 saturated carbocycles. The van der Waals surface area contributed by atoms with Crippen LogP contribution < -0.4 is 15.4 Å². The minimum Gasteiger partial charge on any atom is -0.360 e. The van der Waals surface area contributed by atoms with Crippen LogP contribution in [0.5, 0.6) is 0 Å². The lowest BCUT2D eigenvalue weighted by Gasteiger charge is -2.27. The highest BCUT2D eigenvalue weighted by Gasteiger charge is 2.33. The van der Waals surface area contributed by atoms with E-state index in [1.54, 1.807) is 19.1 Å². The number of aryl methyl sites for hydroxylation is 1. The Bertz CT molecular complexity index is 932. The molecule has 24 heavy (non-hydrogen) atoms. The first-order valence-electron chi connectivity index (χ1n) is 6.92. The van der Waals surface area contributed by atoms with Gasteiger partial charge in [-0.2, -0.15) is 4.72 Å². The van der Waals surface area contributed by atoms with Gasteiger partial charge >= 0.3 is 0 Å². The van der Waals surface area contributed by atoms with Crippen molar-refractivity contribution in [2.45, 2.75) is 18.0 Å². The molecule has 2 aromatic carbocycles. The van der Waals surface area contributed by atoms with Gasteiger partial charge in [0.1, 0.15) is 4.90 Å². The Balaban J connectivity index is 1.85. The van der Waals surface area contributed by atoms with Crippen LogP contribution in [0.3, 0.4) is 0 Å². The van der Waals surface area contributed by atoms with Crippen molar-refractivity contribution >= 4 is 27.3 Å². The van der Waals surface area contributed by atoms with Gasteiger partial charge < -0.3 is 10.6 Å². The Morgan fingerprint density at radius 2 is 1.88 bits per heavy atom. The summed E-state index contributed by atoms with van der Waals surface area (Å²) in [4.78, 5) is 12.3. The van der Waals surface area contributed by atoms with Crippen molar-refractivity contribution in [1.82, 2.24) is 4.72 Å². The molecule has 0 radical (unpaired) electrons. The highest BCUT2D eigenvalue weighted by atomic mass is 32.2. The number of amides is 1. The van der Waals surface area contributed by atoms with Crippen molar-refractivity contribution in [3.63, 3.8) is 0 Å². The third-order valence-corrected chi connectivity index (χ3v) is 4.93. The van der Waals surface area contributed by atoms with E-state index in [0.29, 0.717) is 5.69 Å². The second-order valence-corrected chi connectivity index (χ2v) is 7.00. The van der Waals surface area contributed by atoms with Crippen molar-refractivity contribution in [2.75, 3.05) is 10.6 Å². The fourth-order valence-corrected chi connectivity index (χ4v) is 3.56. The van der Waals surface area contributed by atoms with E-state index in [4.69, 9.17) is 0 Å². The summed E-state index contributed by atoms with van der Waals surface area (Å²) in [5, 5.41) is 5.10. The van der Waals surface area contributed by atoms with Crippen molar-refractivity contribution in [3.05, 3.63) is 53.6 Å². The van der Waals surface area contributed by atoms with Gasteiger partial charge in [-0.25, -0.2) is 17.2 Å². The molecule has 126 valence electrons. The molecule has 0 spiro atoms. The molecule has 1 amide bonds. The lowest BCUT2D eigenvalue weighted by atomic mass is 10.2. The molecule has 9 heteroatoms. The number of carbonyl (C=O) groups excluding carboxylic acids is 1. The van der Waals surface area contributed by atoms with Crippen LogP contribution in [0.15, 0.2) is 41.3 Å². The van der Waals surface area contributed by atoms with Gasteiger partial charge in [0.05, 0.1) is 5.69 Å². The Labute approximate surface area is 136 Å².